The quantitative estimate of drug-likeness (QED) is 0.668. The molecule has 3 heterocycles. The average Bonchev–Trinajstić information content (AvgIpc) is 3.04. The molecule has 0 saturated carbocycles. The van der Waals surface area contributed by atoms with E-state index in [0.717, 1.165) is 32.0 Å². The predicted molar refractivity (Wildman–Crippen MR) is 82.7 cm³/mol. The van der Waals surface area contributed by atoms with Crippen LogP contribution in [-0.2, 0) is 0 Å². The van der Waals surface area contributed by atoms with Gasteiger partial charge in [-0.3, -0.25) is 4.40 Å². The highest BCUT2D eigenvalue weighted by Crippen LogP contribution is 2.25. The SMILES string of the molecule is CN1CCN(c2nc3cc(C#N)c(F)cc3n3cnnc23)CC1. The summed E-state index contributed by atoms with van der Waals surface area (Å²) in [6.45, 7) is 3.55. The third-order valence-electron chi connectivity index (χ3n) is 4.22. The van der Waals surface area contributed by atoms with Gasteiger partial charge in [0.1, 0.15) is 18.2 Å². The maximum Gasteiger partial charge on any atom is 0.204 e. The second kappa shape index (κ2) is 5.14. The lowest BCUT2D eigenvalue weighted by molar-refractivity contribution is 0.312. The minimum Gasteiger partial charge on any atom is -0.351 e. The molecule has 7 nitrogen and oxygen atoms in total. The van der Waals surface area contributed by atoms with Crippen LogP contribution in [0.1, 0.15) is 5.56 Å². The third kappa shape index (κ3) is 2.17. The first-order chi connectivity index (χ1) is 11.2. The molecule has 0 aliphatic carbocycles. The standard InChI is InChI=1S/C15H14FN7/c1-21-2-4-22(5-3-21)14-15-20-18-9-23(15)13-7-11(16)10(8-17)6-12(13)19-14/h6-7,9H,2-5H2,1H3. The van der Waals surface area contributed by atoms with Crippen LogP contribution in [0.2, 0.25) is 0 Å². The summed E-state index contributed by atoms with van der Waals surface area (Å²) >= 11 is 0. The van der Waals surface area contributed by atoms with Crippen molar-refractivity contribution < 1.29 is 4.39 Å². The molecule has 0 unspecified atom stereocenters. The molecule has 0 N–H and O–H groups in total. The van der Waals surface area contributed by atoms with Gasteiger partial charge in [-0.05, 0) is 13.1 Å². The van der Waals surface area contributed by atoms with E-state index in [-0.39, 0.29) is 5.56 Å². The molecule has 4 rings (SSSR count). The number of hydrogen-bond donors (Lipinski definition) is 0. The van der Waals surface area contributed by atoms with E-state index in [2.05, 4.69) is 32.0 Å². The van der Waals surface area contributed by atoms with Crippen molar-refractivity contribution in [3.8, 4) is 6.07 Å². The number of halogens is 1. The molecule has 0 radical (unpaired) electrons. The minimum absolute atomic E-state index is 0.0123. The number of nitriles is 1. The maximum absolute atomic E-state index is 13.9. The topological polar surface area (TPSA) is 73.3 Å². The summed E-state index contributed by atoms with van der Waals surface area (Å²) in [6.07, 6.45) is 1.55. The van der Waals surface area contributed by atoms with Crippen LogP contribution >= 0.6 is 0 Å². The Balaban J connectivity index is 1.94. The van der Waals surface area contributed by atoms with E-state index in [0.29, 0.717) is 16.7 Å². The van der Waals surface area contributed by atoms with Crippen LogP contribution < -0.4 is 4.90 Å². The van der Waals surface area contributed by atoms with Crippen molar-refractivity contribution in [3.05, 3.63) is 29.8 Å². The number of aromatic nitrogens is 4. The highest BCUT2D eigenvalue weighted by atomic mass is 19.1. The van der Waals surface area contributed by atoms with Gasteiger partial charge in [0, 0.05) is 32.2 Å². The molecule has 1 aliphatic rings. The van der Waals surface area contributed by atoms with Crippen molar-refractivity contribution in [2.75, 3.05) is 38.1 Å². The van der Waals surface area contributed by atoms with Gasteiger partial charge >= 0.3 is 0 Å². The van der Waals surface area contributed by atoms with Gasteiger partial charge in [-0.25, -0.2) is 9.37 Å². The van der Waals surface area contributed by atoms with Crippen LogP contribution in [0.25, 0.3) is 16.7 Å². The zero-order valence-corrected chi connectivity index (χ0v) is 12.6. The van der Waals surface area contributed by atoms with Crippen LogP contribution in [0.15, 0.2) is 18.5 Å². The lowest BCUT2D eigenvalue weighted by Gasteiger charge is -2.33. The Bertz CT molecular complexity index is 934. The Labute approximate surface area is 131 Å². The van der Waals surface area contributed by atoms with Crippen LogP contribution in [0.3, 0.4) is 0 Å². The van der Waals surface area contributed by atoms with Gasteiger partial charge in [0.2, 0.25) is 5.65 Å². The summed E-state index contributed by atoms with van der Waals surface area (Å²) in [5, 5.41) is 17.1. The molecule has 0 atom stereocenters. The van der Waals surface area contributed by atoms with Crippen molar-refractivity contribution in [3.63, 3.8) is 0 Å². The Morgan fingerprint density at radius 1 is 1.22 bits per heavy atom. The second-order valence-electron chi connectivity index (χ2n) is 5.68. The van der Waals surface area contributed by atoms with Crippen LogP contribution in [0.5, 0.6) is 0 Å². The summed E-state index contributed by atoms with van der Waals surface area (Å²) < 4.78 is 15.7. The van der Waals surface area contributed by atoms with E-state index in [4.69, 9.17) is 5.26 Å². The number of piperazine rings is 1. The molecule has 0 spiro atoms. The minimum atomic E-state index is -0.566. The number of likely N-dealkylation sites (N-methyl/N-ethyl adjacent to an activating group) is 1. The molecular formula is C15H14FN7. The Morgan fingerprint density at radius 2 is 2.00 bits per heavy atom. The highest BCUT2D eigenvalue weighted by Gasteiger charge is 2.21. The van der Waals surface area contributed by atoms with Gasteiger partial charge in [0.05, 0.1) is 16.6 Å². The molecule has 0 bridgehead atoms. The summed E-state index contributed by atoms with van der Waals surface area (Å²) in [5.41, 5.74) is 1.71. The predicted octanol–water partition coefficient (Wildman–Crippen LogP) is 1.04. The fourth-order valence-corrected chi connectivity index (χ4v) is 2.88. The zero-order chi connectivity index (χ0) is 16.0. The molecule has 0 amide bonds. The van der Waals surface area contributed by atoms with Crippen LogP contribution in [0.4, 0.5) is 10.2 Å². The van der Waals surface area contributed by atoms with Gasteiger partial charge in [-0.2, -0.15) is 5.26 Å². The van der Waals surface area contributed by atoms with E-state index in [1.54, 1.807) is 10.7 Å². The second-order valence-corrected chi connectivity index (χ2v) is 5.68. The first-order valence-corrected chi connectivity index (χ1v) is 7.34. The number of nitrogens with zero attached hydrogens (tertiary/aromatic N) is 7. The molecule has 116 valence electrons. The fourth-order valence-electron chi connectivity index (χ4n) is 2.88. The first-order valence-electron chi connectivity index (χ1n) is 7.34. The number of anilines is 1. The number of benzene rings is 1. The van der Waals surface area contributed by atoms with Crippen molar-refractivity contribution in [1.29, 1.82) is 5.26 Å². The molecule has 1 aromatic carbocycles. The summed E-state index contributed by atoms with van der Waals surface area (Å²) in [5.74, 6) is 0.155. The van der Waals surface area contributed by atoms with Crippen molar-refractivity contribution >= 4 is 22.5 Å². The van der Waals surface area contributed by atoms with Gasteiger partial charge in [-0.1, -0.05) is 0 Å². The smallest absolute Gasteiger partial charge is 0.204 e. The van der Waals surface area contributed by atoms with Crippen LogP contribution in [-0.4, -0.2) is 57.7 Å². The molecular weight excluding hydrogens is 297 g/mol. The van der Waals surface area contributed by atoms with E-state index < -0.39 is 5.82 Å². The van der Waals surface area contributed by atoms with Crippen LogP contribution in [0, 0.1) is 17.1 Å². The molecule has 1 aliphatic heterocycles. The molecule has 2 aromatic heterocycles. The van der Waals surface area contributed by atoms with Crippen molar-refractivity contribution in [2.45, 2.75) is 0 Å². The van der Waals surface area contributed by atoms with E-state index >= 15 is 0 Å². The Kier molecular flexibility index (Phi) is 3.09. The maximum atomic E-state index is 13.9. The van der Waals surface area contributed by atoms with Crippen molar-refractivity contribution in [2.24, 2.45) is 0 Å². The Morgan fingerprint density at radius 3 is 2.74 bits per heavy atom. The zero-order valence-electron chi connectivity index (χ0n) is 12.6. The van der Waals surface area contributed by atoms with Crippen molar-refractivity contribution in [1.82, 2.24) is 24.5 Å². The van der Waals surface area contributed by atoms with E-state index in [1.807, 2.05) is 6.07 Å². The van der Waals surface area contributed by atoms with Gasteiger partial charge in [0.15, 0.2) is 5.82 Å². The third-order valence-corrected chi connectivity index (χ3v) is 4.22. The normalized spacial score (nSPS) is 16.1. The largest absolute Gasteiger partial charge is 0.351 e. The summed E-state index contributed by atoms with van der Waals surface area (Å²) in [4.78, 5) is 9.04. The molecule has 1 saturated heterocycles. The number of hydrogen-bond acceptors (Lipinski definition) is 6. The molecule has 3 aromatic rings. The average molecular weight is 311 g/mol. The molecule has 8 heteroatoms. The lowest BCUT2D eigenvalue weighted by atomic mass is 10.2. The highest BCUT2D eigenvalue weighted by molar-refractivity contribution is 5.84. The summed E-state index contributed by atoms with van der Waals surface area (Å²) in [7, 11) is 2.08. The summed E-state index contributed by atoms with van der Waals surface area (Å²) in [6, 6.07) is 4.64. The van der Waals surface area contributed by atoms with E-state index in [1.165, 1.54) is 12.1 Å². The Hall–Kier alpha value is -2.79. The molecule has 1 fully saturated rings. The van der Waals surface area contributed by atoms with E-state index in [9.17, 15) is 4.39 Å². The monoisotopic (exact) mass is 311 g/mol. The number of fused-ring (bicyclic) bond motifs is 3. The lowest BCUT2D eigenvalue weighted by Crippen LogP contribution is -2.45. The van der Waals surface area contributed by atoms with Gasteiger partial charge < -0.3 is 9.80 Å². The fraction of sp³-hybridized carbons (Fsp3) is 0.333. The number of rotatable bonds is 1. The van der Waals surface area contributed by atoms with Gasteiger partial charge in [-0.15, -0.1) is 10.2 Å². The molecule has 23 heavy (non-hydrogen) atoms. The first kappa shape index (κ1) is 13.8. The van der Waals surface area contributed by atoms with Gasteiger partial charge in [0.25, 0.3) is 0 Å².